The van der Waals surface area contributed by atoms with Crippen molar-refractivity contribution in [3.05, 3.63) is 64.2 Å². The Kier molecular flexibility index (Phi) is 6.01. The molecule has 2 aromatic carbocycles. The standard InChI is InChI=1S/C21H22ClNO4/c1-14-11-18(22)7-8-19(14)26-13-20(24)27-15(2)21(25)23-10-9-16-5-3-4-6-17(16)12-23/h3-8,11,15H,9-10,12-13H2,1-2H3/t15-/m0/s1. The van der Waals surface area contributed by atoms with Crippen LogP contribution in [0.2, 0.25) is 5.02 Å². The van der Waals surface area contributed by atoms with Crippen LogP contribution in [0, 0.1) is 6.92 Å². The Hall–Kier alpha value is -2.53. The van der Waals surface area contributed by atoms with Crippen LogP contribution < -0.4 is 4.74 Å². The number of fused-ring (bicyclic) bond motifs is 1. The Labute approximate surface area is 163 Å². The van der Waals surface area contributed by atoms with Gasteiger partial charge in [0.25, 0.3) is 5.91 Å². The normalized spacial score (nSPS) is 14.3. The fourth-order valence-corrected chi connectivity index (χ4v) is 3.36. The van der Waals surface area contributed by atoms with Crippen LogP contribution >= 0.6 is 11.6 Å². The minimum absolute atomic E-state index is 0.194. The van der Waals surface area contributed by atoms with Crippen LogP contribution in [-0.2, 0) is 27.3 Å². The Morgan fingerprint density at radius 2 is 1.93 bits per heavy atom. The third kappa shape index (κ3) is 4.80. The number of aryl methyl sites for hydroxylation is 1. The summed E-state index contributed by atoms with van der Waals surface area (Å²) in [5.41, 5.74) is 3.22. The highest BCUT2D eigenvalue weighted by molar-refractivity contribution is 6.30. The van der Waals surface area contributed by atoms with E-state index in [2.05, 4.69) is 6.07 Å². The molecule has 142 valence electrons. The van der Waals surface area contributed by atoms with Gasteiger partial charge in [-0.1, -0.05) is 35.9 Å². The minimum Gasteiger partial charge on any atom is -0.482 e. The van der Waals surface area contributed by atoms with Crippen molar-refractivity contribution in [2.75, 3.05) is 13.2 Å². The number of hydrogen-bond acceptors (Lipinski definition) is 4. The van der Waals surface area contributed by atoms with Crippen molar-refractivity contribution in [3.63, 3.8) is 0 Å². The van der Waals surface area contributed by atoms with Crippen molar-refractivity contribution in [1.82, 2.24) is 4.90 Å². The molecule has 0 saturated carbocycles. The number of hydrogen-bond donors (Lipinski definition) is 0. The minimum atomic E-state index is -0.849. The van der Waals surface area contributed by atoms with Crippen LogP contribution in [-0.4, -0.2) is 36.0 Å². The summed E-state index contributed by atoms with van der Waals surface area (Å²) in [5.74, 6) is -0.217. The second-order valence-electron chi connectivity index (χ2n) is 6.61. The van der Waals surface area contributed by atoms with Crippen molar-refractivity contribution >= 4 is 23.5 Å². The molecule has 1 aliphatic rings. The van der Waals surface area contributed by atoms with Gasteiger partial charge in [0.2, 0.25) is 0 Å². The number of benzene rings is 2. The molecule has 0 N–H and O–H groups in total. The predicted molar refractivity (Wildman–Crippen MR) is 103 cm³/mol. The van der Waals surface area contributed by atoms with E-state index in [0.717, 1.165) is 17.5 Å². The first-order valence-electron chi connectivity index (χ1n) is 8.88. The summed E-state index contributed by atoms with van der Waals surface area (Å²) < 4.78 is 10.7. The highest BCUT2D eigenvalue weighted by Crippen LogP contribution is 2.22. The summed E-state index contributed by atoms with van der Waals surface area (Å²) in [7, 11) is 0. The Balaban J connectivity index is 1.51. The molecule has 0 aliphatic carbocycles. The third-order valence-corrected chi connectivity index (χ3v) is 4.82. The highest BCUT2D eigenvalue weighted by Gasteiger charge is 2.27. The largest absolute Gasteiger partial charge is 0.482 e. The monoisotopic (exact) mass is 387 g/mol. The molecule has 1 atom stereocenters. The zero-order chi connectivity index (χ0) is 19.4. The van der Waals surface area contributed by atoms with Gasteiger partial charge < -0.3 is 14.4 Å². The van der Waals surface area contributed by atoms with E-state index in [1.807, 2.05) is 25.1 Å². The van der Waals surface area contributed by atoms with E-state index in [1.54, 1.807) is 30.0 Å². The molecule has 27 heavy (non-hydrogen) atoms. The zero-order valence-electron chi connectivity index (χ0n) is 15.4. The Morgan fingerprint density at radius 3 is 2.67 bits per heavy atom. The molecule has 1 heterocycles. The van der Waals surface area contributed by atoms with E-state index in [1.165, 1.54) is 5.56 Å². The first-order chi connectivity index (χ1) is 12.9. The average molecular weight is 388 g/mol. The average Bonchev–Trinajstić information content (AvgIpc) is 2.66. The summed E-state index contributed by atoms with van der Waals surface area (Å²) in [4.78, 5) is 26.4. The summed E-state index contributed by atoms with van der Waals surface area (Å²) in [6.45, 7) is 4.33. The molecule has 0 unspecified atom stereocenters. The highest BCUT2D eigenvalue weighted by atomic mass is 35.5. The molecular weight excluding hydrogens is 366 g/mol. The molecule has 3 rings (SSSR count). The number of esters is 1. The molecule has 0 spiro atoms. The molecule has 0 radical (unpaired) electrons. The van der Waals surface area contributed by atoms with Crippen LogP contribution in [0.5, 0.6) is 5.75 Å². The molecule has 0 aromatic heterocycles. The fraction of sp³-hybridized carbons (Fsp3) is 0.333. The van der Waals surface area contributed by atoms with Crippen molar-refractivity contribution in [2.24, 2.45) is 0 Å². The second-order valence-corrected chi connectivity index (χ2v) is 7.05. The summed E-state index contributed by atoms with van der Waals surface area (Å²) in [6, 6.07) is 13.2. The molecule has 1 amide bonds. The summed E-state index contributed by atoms with van der Waals surface area (Å²) in [6.07, 6.45) is -0.0423. The molecular formula is C21H22ClNO4. The second kappa shape index (κ2) is 8.44. The SMILES string of the molecule is Cc1cc(Cl)ccc1OCC(=O)O[C@@H](C)C(=O)N1CCc2ccccc2C1. The van der Waals surface area contributed by atoms with Gasteiger partial charge in [0.15, 0.2) is 12.7 Å². The van der Waals surface area contributed by atoms with Crippen molar-refractivity contribution in [3.8, 4) is 5.75 Å². The van der Waals surface area contributed by atoms with E-state index in [0.29, 0.717) is 23.9 Å². The van der Waals surface area contributed by atoms with Crippen LogP contribution in [0.25, 0.3) is 0 Å². The van der Waals surface area contributed by atoms with Crippen LogP contribution in [0.15, 0.2) is 42.5 Å². The van der Waals surface area contributed by atoms with Gasteiger partial charge in [0.1, 0.15) is 5.75 Å². The molecule has 6 heteroatoms. The van der Waals surface area contributed by atoms with E-state index in [9.17, 15) is 9.59 Å². The summed E-state index contributed by atoms with van der Waals surface area (Å²) in [5, 5.41) is 0.602. The van der Waals surface area contributed by atoms with Crippen LogP contribution in [0.3, 0.4) is 0 Å². The van der Waals surface area contributed by atoms with Gasteiger partial charge in [-0.15, -0.1) is 0 Å². The smallest absolute Gasteiger partial charge is 0.344 e. The predicted octanol–water partition coefficient (Wildman–Crippen LogP) is 3.54. The maximum absolute atomic E-state index is 12.6. The first kappa shape index (κ1) is 19.2. The van der Waals surface area contributed by atoms with Gasteiger partial charge in [-0.25, -0.2) is 4.79 Å². The zero-order valence-corrected chi connectivity index (χ0v) is 16.2. The molecule has 5 nitrogen and oxygen atoms in total. The van der Waals surface area contributed by atoms with E-state index >= 15 is 0 Å². The van der Waals surface area contributed by atoms with Crippen LogP contribution in [0.4, 0.5) is 0 Å². The lowest BCUT2D eigenvalue weighted by molar-refractivity contribution is -0.161. The first-order valence-corrected chi connectivity index (χ1v) is 9.26. The number of halogens is 1. The number of rotatable bonds is 5. The van der Waals surface area contributed by atoms with Gasteiger partial charge in [-0.05, 0) is 55.2 Å². The number of nitrogens with zero attached hydrogens (tertiary/aromatic N) is 1. The van der Waals surface area contributed by atoms with Gasteiger partial charge in [0, 0.05) is 18.1 Å². The van der Waals surface area contributed by atoms with Gasteiger partial charge in [-0.3, -0.25) is 4.79 Å². The fourth-order valence-electron chi connectivity index (χ4n) is 3.13. The molecule has 0 bridgehead atoms. The molecule has 0 saturated heterocycles. The van der Waals surface area contributed by atoms with Crippen molar-refractivity contribution in [2.45, 2.75) is 32.9 Å². The molecule has 1 aliphatic heterocycles. The number of ether oxygens (including phenoxy) is 2. The number of amides is 1. The lowest BCUT2D eigenvalue weighted by atomic mass is 9.99. The van der Waals surface area contributed by atoms with Gasteiger partial charge in [-0.2, -0.15) is 0 Å². The topological polar surface area (TPSA) is 55.8 Å². The van der Waals surface area contributed by atoms with E-state index in [-0.39, 0.29) is 12.5 Å². The lowest BCUT2D eigenvalue weighted by Crippen LogP contribution is -2.43. The van der Waals surface area contributed by atoms with Crippen LogP contribution in [0.1, 0.15) is 23.6 Å². The third-order valence-electron chi connectivity index (χ3n) is 4.58. The number of carbonyl (C=O) groups is 2. The maximum Gasteiger partial charge on any atom is 0.344 e. The van der Waals surface area contributed by atoms with Gasteiger partial charge in [0.05, 0.1) is 0 Å². The Bertz CT molecular complexity index is 852. The molecule has 0 fully saturated rings. The molecule has 2 aromatic rings. The quantitative estimate of drug-likeness (QED) is 0.736. The Morgan fingerprint density at radius 1 is 1.19 bits per heavy atom. The van der Waals surface area contributed by atoms with E-state index < -0.39 is 12.1 Å². The lowest BCUT2D eigenvalue weighted by Gasteiger charge is -2.30. The van der Waals surface area contributed by atoms with Gasteiger partial charge >= 0.3 is 5.97 Å². The maximum atomic E-state index is 12.6. The van der Waals surface area contributed by atoms with Crippen molar-refractivity contribution in [1.29, 1.82) is 0 Å². The van der Waals surface area contributed by atoms with Crippen molar-refractivity contribution < 1.29 is 19.1 Å². The summed E-state index contributed by atoms with van der Waals surface area (Å²) >= 11 is 5.90. The number of carbonyl (C=O) groups excluding carboxylic acids is 2. The van der Waals surface area contributed by atoms with E-state index in [4.69, 9.17) is 21.1 Å².